The summed E-state index contributed by atoms with van der Waals surface area (Å²) >= 11 is 7.70. The number of hydrogen-bond donors (Lipinski definition) is 0. The van der Waals surface area contributed by atoms with Gasteiger partial charge < -0.3 is 4.74 Å². The number of unbranched alkanes of at least 4 members (excludes halogenated alkanes) is 1. The van der Waals surface area contributed by atoms with Crippen LogP contribution in [0.1, 0.15) is 26.2 Å². The third-order valence-electron chi connectivity index (χ3n) is 1.39. The van der Waals surface area contributed by atoms with Crippen LogP contribution < -0.4 is 0 Å². The molecule has 0 aromatic heterocycles. The molecule has 68 valence electrons. The van der Waals surface area contributed by atoms with E-state index in [0.29, 0.717) is 0 Å². The van der Waals surface area contributed by atoms with Crippen LogP contribution in [0.3, 0.4) is 0 Å². The molecule has 0 aliphatic heterocycles. The van der Waals surface area contributed by atoms with Gasteiger partial charge in [0.25, 0.3) is 0 Å². The number of halogens is 1. The number of hydrogen-bond acceptors (Lipinski definition) is 2. The van der Waals surface area contributed by atoms with Crippen molar-refractivity contribution in [1.82, 2.24) is 0 Å². The third kappa shape index (κ3) is 8.51. The van der Waals surface area contributed by atoms with Crippen LogP contribution in [0.15, 0.2) is 0 Å². The van der Waals surface area contributed by atoms with Crippen LogP contribution in [-0.2, 0) is 4.74 Å². The van der Waals surface area contributed by atoms with Gasteiger partial charge in [-0.25, -0.2) is 0 Å². The Hall–Kier alpha value is 0.600. The molecule has 0 aromatic carbocycles. The van der Waals surface area contributed by atoms with E-state index < -0.39 is 0 Å². The van der Waals surface area contributed by atoms with E-state index >= 15 is 0 Å². The SMILES string of the molecule is CCCCSCCC(Cl)OC. The zero-order valence-electron chi connectivity index (χ0n) is 7.31. The standard InChI is InChI=1S/C8H17ClOS/c1-3-4-6-11-7-5-8(9)10-2/h8H,3-7H2,1-2H3. The minimum absolute atomic E-state index is 0.0934. The topological polar surface area (TPSA) is 9.23 Å². The Labute approximate surface area is 78.8 Å². The van der Waals surface area contributed by atoms with E-state index in [1.54, 1.807) is 7.11 Å². The van der Waals surface area contributed by atoms with Crippen LogP contribution in [0, 0.1) is 0 Å². The first-order valence-corrected chi connectivity index (χ1v) is 5.65. The van der Waals surface area contributed by atoms with E-state index in [9.17, 15) is 0 Å². The third-order valence-corrected chi connectivity index (χ3v) is 2.89. The van der Waals surface area contributed by atoms with Gasteiger partial charge in [-0.15, -0.1) is 0 Å². The summed E-state index contributed by atoms with van der Waals surface area (Å²) in [6, 6.07) is 0. The van der Waals surface area contributed by atoms with Gasteiger partial charge >= 0.3 is 0 Å². The lowest BCUT2D eigenvalue weighted by Gasteiger charge is -2.05. The highest BCUT2D eigenvalue weighted by Crippen LogP contribution is 2.10. The molecule has 0 spiro atoms. The predicted octanol–water partition coefficient (Wildman–Crippen LogP) is 3.12. The summed E-state index contributed by atoms with van der Waals surface area (Å²) in [5, 5.41) is 0. The smallest absolute Gasteiger partial charge is 0.131 e. The lowest BCUT2D eigenvalue weighted by molar-refractivity contribution is 0.165. The molecule has 1 unspecified atom stereocenters. The van der Waals surface area contributed by atoms with Crippen molar-refractivity contribution >= 4 is 23.4 Å². The summed E-state index contributed by atoms with van der Waals surface area (Å²) < 4.78 is 4.91. The highest BCUT2D eigenvalue weighted by Gasteiger charge is 1.99. The average molecular weight is 197 g/mol. The Morgan fingerprint density at radius 2 is 2.18 bits per heavy atom. The van der Waals surface area contributed by atoms with Gasteiger partial charge in [-0.05, 0) is 24.3 Å². The highest BCUT2D eigenvalue weighted by atomic mass is 35.5. The predicted molar refractivity (Wildman–Crippen MR) is 53.5 cm³/mol. The lowest BCUT2D eigenvalue weighted by Crippen LogP contribution is -2.02. The summed E-state index contributed by atoms with van der Waals surface area (Å²) in [6.45, 7) is 2.21. The van der Waals surface area contributed by atoms with Gasteiger partial charge in [-0.3, -0.25) is 0 Å². The Morgan fingerprint density at radius 1 is 1.45 bits per heavy atom. The van der Waals surface area contributed by atoms with Crippen molar-refractivity contribution in [2.24, 2.45) is 0 Å². The van der Waals surface area contributed by atoms with Gasteiger partial charge in [0.1, 0.15) is 5.56 Å². The average Bonchev–Trinajstić information content (AvgIpc) is 2.04. The molecule has 0 saturated carbocycles. The van der Waals surface area contributed by atoms with Gasteiger partial charge in [0.2, 0.25) is 0 Å². The molecule has 0 aliphatic carbocycles. The van der Waals surface area contributed by atoms with Crippen LogP contribution in [0.2, 0.25) is 0 Å². The fourth-order valence-electron chi connectivity index (χ4n) is 0.642. The second kappa shape index (κ2) is 8.69. The Kier molecular flexibility index (Phi) is 9.17. The molecule has 0 aliphatic rings. The molecule has 0 rings (SSSR count). The van der Waals surface area contributed by atoms with Crippen molar-refractivity contribution in [1.29, 1.82) is 0 Å². The van der Waals surface area contributed by atoms with Crippen molar-refractivity contribution in [2.75, 3.05) is 18.6 Å². The van der Waals surface area contributed by atoms with Crippen LogP contribution in [0.5, 0.6) is 0 Å². The minimum atomic E-state index is -0.0934. The van der Waals surface area contributed by atoms with Crippen LogP contribution in [0.25, 0.3) is 0 Å². The van der Waals surface area contributed by atoms with E-state index in [1.165, 1.54) is 18.6 Å². The van der Waals surface area contributed by atoms with E-state index in [-0.39, 0.29) is 5.56 Å². The number of thioether (sulfide) groups is 1. The second-order valence-electron chi connectivity index (χ2n) is 2.40. The summed E-state index contributed by atoms with van der Waals surface area (Å²) in [5.74, 6) is 2.37. The van der Waals surface area contributed by atoms with Gasteiger partial charge in [0, 0.05) is 7.11 Å². The van der Waals surface area contributed by atoms with Crippen molar-refractivity contribution in [3.63, 3.8) is 0 Å². The van der Waals surface area contributed by atoms with Crippen molar-refractivity contribution in [3.8, 4) is 0 Å². The van der Waals surface area contributed by atoms with E-state index in [0.717, 1.165) is 12.2 Å². The molecule has 11 heavy (non-hydrogen) atoms. The highest BCUT2D eigenvalue weighted by molar-refractivity contribution is 7.99. The summed E-state index contributed by atoms with van der Waals surface area (Å²) in [4.78, 5) is 0. The Morgan fingerprint density at radius 3 is 2.73 bits per heavy atom. The summed E-state index contributed by atoms with van der Waals surface area (Å²) in [6.07, 6.45) is 3.54. The van der Waals surface area contributed by atoms with Gasteiger partial charge in [-0.1, -0.05) is 24.9 Å². The normalized spacial score (nSPS) is 13.4. The molecule has 0 bridgehead atoms. The van der Waals surface area contributed by atoms with Gasteiger partial charge in [-0.2, -0.15) is 11.8 Å². The molecular formula is C8H17ClOS. The fourth-order valence-corrected chi connectivity index (χ4v) is 1.96. The molecule has 0 heterocycles. The molecule has 0 radical (unpaired) electrons. The maximum Gasteiger partial charge on any atom is 0.131 e. The monoisotopic (exact) mass is 196 g/mol. The first-order chi connectivity index (χ1) is 5.31. The Bertz CT molecular complexity index is 80.5. The Balaban J connectivity index is 2.89. The summed E-state index contributed by atoms with van der Waals surface area (Å²) in [5.41, 5.74) is -0.0934. The molecule has 0 aromatic rings. The largest absolute Gasteiger partial charge is 0.366 e. The molecule has 3 heteroatoms. The first kappa shape index (κ1) is 11.6. The van der Waals surface area contributed by atoms with Crippen LogP contribution >= 0.6 is 23.4 Å². The fraction of sp³-hybridized carbons (Fsp3) is 1.00. The van der Waals surface area contributed by atoms with E-state index in [2.05, 4.69) is 6.92 Å². The zero-order valence-corrected chi connectivity index (χ0v) is 8.88. The number of ether oxygens (including phenoxy) is 1. The zero-order chi connectivity index (χ0) is 8.53. The first-order valence-electron chi connectivity index (χ1n) is 4.05. The molecule has 1 nitrogen and oxygen atoms in total. The molecular weight excluding hydrogens is 180 g/mol. The molecule has 0 N–H and O–H groups in total. The molecule has 0 amide bonds. The number of alkyl halides is 1. The molecule has 0 fully saturated rings. The van der Waals surface area contributed by atoms with Crippen LogP contribution in [-0.4, -0.2) is 24.2 Å². The second-order valence-corrected chi connectivity index (χ2v) is 4.11. The summed E-state index contributed by atoms with van der Waals surface area (Å²) in [7, 11) is 1.65. The van der Waals surface area contributed by atoms with E-state index in [1.807, 2.05) is 11.8 Å². The molecule has 0 saturated heterocycles. The maximum absolute atomic E-state index is 5.74. The number of methoxy groups -OCH3 is 1. The van der Waals surface area contributed by atoms with E-state index in [4.69, 9.17) is 16.3 Å². The maximum atomic E-state index is 5.74. The lowest BCUT2D eigenvalue weighted by atomic mass is 10.4. The molecule has 1 atom stereocenters. The number of rotatable bonds is 7. The van der Waals surface area contributed by atoms with Crippen LogP contribution in [0.4, 0.5) is 0 Å². The van der Waals surface area contributed by atoms with Crippen molar-refractivity contribution in [2.45, 2.75) is 31.7 Å². The van der Waals surface area contributed by atoms with Crippen molar-refractivity contribution in [3.05, 3.63) is 0 Å². The minimum Gasteiger partial charge on any atom is -0.366 e. The van der Waals surface area contributed by atoms with Crippen molar-refractivity contribution < 1.29 is 4.74 Å². The quantitative estimate of drug-likeness (QED) is 0.457. The van der Waals surface area contributed by atoms with Gasteiger partial charge in [0.05, 0.1) is 0 Å². The van der Waals surface area contributed by atoms with Gasteiger partial charge in [0.15, 0.2) is 0 Å².